The standard InChI is InChI=1S/C27H20N2O4/c1-32-24-9-5-3-7-16(24)20-12-11-18-21(28-20)13-14-22-26(18)19(27(30)31)15-23(29-22)17-8-4-6-10-25(17)33-2/h3-15H,1-2H3,(H,30,31). The highest BCUT2D eigenvalue weighted by atomic mass is 16.5. The summed E-state index contributed by atoms with van der Waals surface area (Å²) in [6.45, 7) is 0. The van der Waals surface area contributed by atoms with Crippen molar-refractivity contribution < 1.29 is 19.4 Å². The molecule has 0 fully saturated rings. The minimum atomic E-state index is -1.03. The van der Waals surface area contributed by atoms with Crippen LogP contribution in [0.1, 0.15) is 10.4 Å². The number of carbonyl (C=O) groups is 1. The summed E-state index contributed by atoms with van der Waals surface area (Å²) in [5, 5.41) is 11.3. The van der Waals surface area contributed by atoms with Gasteiger partial charge in [-0.2, -0.15) is 0 Å². The summed E-state index contributed by atoms with van der Waals surface area (Å²) >= 11 is 0. The lowest BCUT2D eigenvalue weighted by atomic mass is 9.99. The second-order valence-electron chi connectivity index (χ2n) is 7.48. The Balaban J connectivity index is 1.75. The molecule has 0 saturated heterocycles. The third kappa shape index (κ3) is 3.51. The Morgan fingerprint density at radius 3 is 1.94 bits per heavy atom. The average molecular weight is 436 g/mol. The van der Waals surface area contributed by atoms with Gasteiger partial charge in [-0.3, -0.25) is 0 Å². The molecule has 0 aliphatic heterocycles. The first kappa shape index (κ1) is 20.5. The average Bonchev–Trinajstić information content (AvgIpc) is 2.87. The van der Waals surface area contributed by atoms with Crippen molar-refractivity contribution in [1.29, 1.82) is 0 Å². The fourth-order valence-corrected chi connectivity index (χ4v) is 4.11. The maximum absolute atomic E-state index is 12.3. The Labute approximate surface area is 190 Å². The van der Waals surface area contributed by atoms with Crippen molar-refractivity contribution >= 4 is 27.8 Å². The molecule has 1 N–H and O–H groups in total. The van der Waals surface area contributed by atoms with Gasteiger partial charge < -0.3 is 14.6 Å². The molecule has 2 aromatic heterocycles. The van der Waals surface area contributed by atoms with Crippen LogP contribution in [0.5, 0.6) is 11.5 Å². The Morgan fingerprint density at radius 1 is 0.727 bits per heavy atom. The van der Waals surface area contributed by atoms with Crippen LogP contribution in [-0.2, 0) is 0 Å². The van der Waals surface area contributed by atoms with Gasteiger partial charge in [-0.05, 0) is 54.6 Å². The lowest BCUT2D eigenvalue weighted by Gasteiger charge is -2.13. The van der Waals surface area contributed by atoms with Gasteiger partial charge in [0.2, 0.25) is 0 Å². The number of aromatic carboxylic acids is 1. The quantitative estimate of drug-likeness (QED) is 0.349. The van der Waals surface area contributed by atoms with Crippen molar-refractivity contribution in [2.24, 2.45) is 0 Å². The van der Waals surface area contributed by atoms with E-state index in [1.54, 1.807) is 20.3 Å². The van der Waals surface area contributed by atoms with Gasteiger partial charge in [0.15, 0.2) is 0 Å². The lowest BCUT2D eigenvalue weighted by Crippen LogP contribution is -2.02. The van der Waals surface area contributed by atoms with Gasteiger partial charge in [0.05, 0.1) is 42.2 Å². The molecule has 162 valence electrons. The summed E-state index contributed by atoms with van der Waals surface area (Å²) in [6.07, 6.45) is 0. The van der Waals surface area contributed by atoms with Crippen LogP contribution < -0.4 is 9.47 Å². The van der Waals surface area contributed by atoms with E-state index >= 15 is 0 Å². The highest BCUT2D eigenvalue weighted by molar-refractivity contribution is 6.15. The fraction of sp³-hybridized carbons (Fsp3) is 0.0741. The van der Waals surface area contributed by atoms with Crippen molar-refractivity contribution in [2.75, 3.05) is 14.2 Å². The van der Waals surface area contributed by atoms with Crippen LogP contribution in [0, 0.1) is 0 Å². The van der Waals surface area contributed by atoms with Crippen LogP contribution in [0.15, 0.2) is 78.9 Å². The number of rotatable bonds is 5. The minimum absolute atomic E-state index is 0.165. The zero-order valence-corrected chi connectivity index (χ0v) is 18.1. The van der Waals surface area contributed by atoms with Crippen LogP contribution in [0.4, 0.5) is 0 Å². The van der Waals surface area contributed by atoms with Crippen LogP contribution in [0.3, 0.4) is 0 Å². The van der Waals surface area contributed by atoms with Gasteiger partial charge in [-0.25, -0.2) is 14.8 Å². The monoisotopic (exact) mass is 436 g/mol. The highest BCUT2D eigenvalue weighted by Crippen LogP contribution is 2.35. The number of para-hydroxylation sites is 2. The third-order valence-electron chi connectivity index (χ3n) is 5.64. The van der Waals surface area contributed by atoms with E-state index in [-0.39, 0.29) is 5.56 Å². The van der Waals surface area contributed by atoms with E-state index in [9.17, 15) is 9.90 Å². The largest absolute Gasteiger partial charge is 0.496 e. The van der Waals surface area contributed by atoms with E-state index in [1.807, 2.05) is 72.8 Å². The molecule has 0 bridgehead atoms. The predicted octanol–water partition coefficient (Wildman–Crippen LogP) is 5.83. The first-order chi connectivity index (χ1) is 16.1. The summed E-state index contributed by atoms with van der Waals surface area (Å²) in [5.74, 6) is 0.323. The summed E-state index contributed by atoms with van der Waals surface area (Å²) < 4.78 is 10.9. The number of ether oxygens (including phenoxy) is 2. The smallest absolute Gasteiger partial charge is 0.336 e. The van der Waals surface area contributed by atoms with E-state index in [0.29, 0.717) is 27.9 Å². The van der Waals surface area contributed by atoms with Crippen LogP contribution in [0.25, 0.3) is 44.3 Å². The molecule has 2 heterocycles. The van der Waals surface area contributed by atoms with Gasteiger partial charge in [0.25, 0.3) is 0 Å². The van der Waals surface area contributed by atoms with E-state index in [1.165, 1.54) is 0 Å². The zero-order valence-electron chi connectivity index (χ0n) is 18.1. The molecule has 0 spiro atoms. The number of aromatic nitrogens is 2. The number of fused-ring (bicyclic) bond motifs is 3. The number of carboxylic acid groups (broad SMARTS) is 1. The first-order valence-electron chi connectivity index (χ1n) is 10.4. The Morgan fingerprint density at radius 2 is 1.30 bits per heavy atom. The number of carboxylic acids is 1. The molecular weight excluding hydrogens is 416 g/mol. The number of hydrogen-bond acceptors (Lipinski definition) is 5. The first-order valence-corrected chi connectivity index (χ1v) is 10.4. The number of methoxy groups -OCH3 is 2. The Bertz CT molecular complexity index is 1530. The number of nitrogens with zero attached hydrogens (tertiary/aromatic N) is 2. The minimum Gasteiger partial charge on any atom is -0.496 e. The second-order valence-corrected chi connectivity index (χ2v) is 7.48. The lowest BCUT2D eigenvalue weighted by molar-refractivity contribution is 0.0699. The van der Waals surface area contributed by atoms with Crippen molar-refractivity contribution in [3.05, 3.63) is 84.4 Å². The van der Waals surface area contributed by atoms with Gasteiger partial charge in [-0.15, -0.1) is 0 Å². The normalized spacial score (nSPS) is 11.0. The van der Waals surface area contributed by atoms with Crippen molar-refractivity contribution in [2.45, 2.75) is 0 Å². The summed E-state index contributed by atoms with van der Waals surface area (Å²) in [5.41, 5.74) is 4.30. The summed E-state index contributed by atoms with van der Waals surface area (Å²) in [6, 6.07) is 24.1. The molecule has 0 amide bonds. The molecule has 6 heteroatoms. The molecule has 0 aliphatic rings. The molecule has 3 aromatic carbocycles. The molecule has 0 saturated carbocycles. The predicted molar refractivity (Wildman–Crippen MR) is 128 cm³/mol. The number of hydrogen-bond donors (Lipinski definition) is 1. The molecular formula is C27H20N2O4. The molecule has 33 heavy (non-hydrogen) atoms. The molecule has 0 atom stereocenters. The number of pyridine rings is 2. The molecule has 5 aromatic rings. The fourth-order valence-electron chi connectivity index (χ4n) is 4.11. The highest BCUT2D eigenvalue weighted by Gasteiger charge is 2.18. The third-order valence-corrected chi connectivity index (χ3v) is 5.64. The number of benzene rings is 3. The molecule has 0 radical (unpaired) electrons. The Hall–Kier alpha value is -4.45. The second kappa shape index (κ2) is 8.24. The van der Waals surface area contributed by atoms with Crippen molar-refractivity contribution in [3.8, 4) is 34.0 Å². The van der Waals surface area contributed by atoms with Gasteiger partial charge in [0, 0.05) is 21.9 Å². The topological polar surface area (TPSA) is 81.5 Å². The van der Waals surface area contributed by atoms with E-state index < -0.39 is 5.97 Å². The van der Waals surface area contributed by atoms with E-state index in [2.05, 4.69) is 0 Å². The van der Waals surface area contributed by atoms with Crippen LogP contribution in [-0.4, -0.2) is 35.3 Å². The van der Waals surface area contributed by atoms with Crippen LogP contribution in [0.2, 0.25) is 0 Å². The van der Waals surface area contributed by atoms with Crippen LogP contribution >= 0.6 is 0 Å². The van der Waals surface area contributed by atoms with Gasteiger partial charge in [0.1, 0.15) is 11.5 Å². The SMILES string of the molecule is COc1ccccc1-c1ccc2c(ccc3nc(-c4ccccc4OC)cc(C(=O)O)c32)n1. The molecule has 6 nitrogen and oxygen atoms in total. The maximum Gasteiger partial charge on any atom is 0.336 e. The molecule has 0 unspecified atom stereocenters. The van der Waals surface area contributed by atoms with Gasteiger partial charge in [-0.1, -0.05) is 24.3 Å². The zero-order chi connectivity index (χ0) is 22.9. The molecule has 0 aliphatic carbocycles. The van der Waals surface area contributed by atoms with E-state index in [4.69, 9.17) is 19.4 Å². The Kier molecular flexibility index (Phi) is 5.11. The van der Waals surface area contributed by atoms with Crippen molar-refractivity contribution in [1.82, 2.24) is 9.97 Å². The van der Waals surface area contributed by atoms with E-state index in [0.717, 1.165) is 28.0 Å². The summed E-state index contributed by atoms with van der Waals surface area (Å²) in [7, 11) is 3.20. The molecule has 5 rings (SSSR count). The van der Waals surface area contributed by atoms with Crippen molar-refractivity contribution in [3.63, 3.8) is 0 Å². The summed E-state index contributed by atoms with van der Waals surface area (Å²) in [4.78, 5) is 21.8. The van der Waals surface area contributed by atoms with Gasteiger partial charge >= 0.3 is 5.97 Å². The maximum atomic E-state index is 12.3.